The molecule has 0 aliphatic heterocycles. The standard InChI is InChI=1S/C18H34N4O6/c1-6-9(3)13(17(26)22-14(18(27)28)10(4)7-2)21-15(24)11(5)20-16(25)12(19)8-23/h9-14,23H,6-8,19H2,1-5H3,(H,20,25)(H,21,24)(H,22,26)(H,27,28). The van der Waals surface area contributed by atoms with Crippen molar-refractivity contribution in [2.45, 2.75) is 71.6 Å². The largest absolute Gasteiger partial charge is 0.480 e. The molecule has 0 bridgehead atoms. The highest BCUT2D eigenvalue weighted by atomic mass is 16.4. The summed E-state index contributed by atoms with van der Waals surface area (Å²) in [5, 5.41) is 25.7. The van der Waals surface area contributed by atoms with Crippen LogP contribution in [0.2, 0.25) is 0 Å². The van der Waals surface area contributed by atoms with E-state index in [1.54, 1.807) is 13.8 Å². The van der Waals surface area contributed by atoms with E-state index in [-0.39, 0.29) is 11.8 Å². The van der Waals surface area contributed by atoms with Gasteiger partial charge in [-0.15, -0.1) is 0 Å². The molecule has 0 spiro atoms. The van der Waals surface area contributed by atoms with E-state index in [2.05, 4.69) is 16.0 Å². The van der Waals surface area contributed by atoms with Gasteiger partial charge >= 0.3 is 5.97 Å². The number of carbonyl (C=O) groups excluding carboxylic acids is 3. The lowest BCUT2D eigenvalue weighted by atomic mass is 9.95. The molecule has 10 nitrogen and oxygen atoms in total. The lowest BCUT2D eigenvalue weighted by Gasteiger charge is -2.28. The highest BCUT2D eigenvalue weighted by molar-refractivity contribution is 5.94. The Kier molecular flexibility index (Phi) is 11.3. The molecule has 7 N–H and O–H groups in total. The fraction of sp³-hybridized carbons (Fsp3) is 0.778. The van der Waals surface area contributed by atoms with Crippen LogP contribution in [0.25, 0.3) is 0 Å². The zero-order chi connectivity index (χ0) is 22.0. The fourth-order valence-electron chi connectivity index (χ4n) is 2.38. The summed E-state index contributed by atoms with van der Waals surface area (Å²) >= 11 is 0. The second kappa shape index (κ2) is 12.3. The minimum atomic E-state index is -1.16. The Hall–Kier alpha value is -2.20. The molecule has 0 saturated carbocycles. The number of carbonyl (C=O) groups is 4. The summed E-state index contributed by atoms with van der Waals surface area (Å²) in [5.74, 6) is -3.60. The zero-order valence-corrected chi connectivity index (χ0v) is 17.2. The summed E-state index contributed by atoms with van der Waals surface area (Å²) in [7, 11) is 0. The summed E-state index contributed by atoms with van der Waals surface area (Å²) in [6.45, 7) is 7.99. The van der Waals surface area contributed by atoms with Gasteiger partial charge in [-0.2, -0.15) is 0 Å². The number of nitrogens with one attached hydrogen (secondary N) is 3. The second-order valence-corrected chi connectivity index (χ2v) is 7.10. The molecule has 3 amide bonds. The SMILES string of the molecule is CCC(C)C(NC(=O)C(NC(=O)C(C)NC(=O)C(N)CO)C(C)CC)C(=O)O. The Morgan fingerprint density at radius 3 is 1.71 bits per heavy atom. The Balaban J connectivity index is 5.21. The van der Waals surface area contributed by atoms with E-state index in [9.17, 15) is 24.3 Å². The van der Waals surface area contributed by atoms with Crippen LogP contribution in [-0.2, 0) is 19.2 Å². The van der Waals surface area contributed by atoms with Crippen molar-refractivity contribution < 1.29 is 29.4 Å². The van der Waals surface area contributed by atoms with Crippen LogP contribution in [0.3, 0.4) is 0 Å². The summed E-state index contributed by atoms with van der Waals surface area (Å²) in [4.78, 5) is 48.3. The van der Waals surface area contributed by atoms with E-state index in [1.807, 2.05) is 13.8 Å². The highest BCUT2D eigenvalue weighted by Gasteiger charge is 2.33. The zero-order valence-electron chi connectivity index (χ0n) is 17.2. The van der Waals surface area contributed by atoms with Crippen LogP contribution in [-0.4, -0.2) is 64.7 Å². The van der Waals surface area contributed by atoms with Gasteiger partial charge in [-0.3, -0.25) is 14.4 Å². The Bertz CT molecular complexity index is 556. The van der Waals surface area contributed by atoms with E-state index < -0.39 is 54.5 Å². The van der Waals surface area contributed by atoms with Gasteiger partial charge in [0, 0.05) is 0 Å². The van der Waals surface area contributed by atoms with E-state index in [0.29, 0.717) is 12.8 Å². The minimum absolute atomic E-state index is 0.266. The molecule has 0 aromatic heterocycles. The van der Waals surface area contributed by atoms with Gasteiger partial charge in [0.15, 0.2) is 0 Å². The number of rotatable bonds is 12. The third kappa shape index (κ3) is 7.81. The first-order chi connectivity index (χ1) is 13.0. The summed E-state index contributed by atoms with van der Waals surface area (Å²) in [6, 6.07) is -4.18. The van der Waals surface area contributed by atoms with Crippen LogP contribution >= 0.6 is 0 Å². The molecule has 0 rings (SSSR count). The van der Waals surface area contributed by atoms with Crippen molar-refractivity contribution in [1.82, 2.24) is 16.0 Å². The molecule has 0 heterocycles. The molecule has 28 heavy (non-hydrogen) atoms. The van der Waals surface area contributed by atoms with Gasteiger partial charge in [0.05, 0.1) is 6.61 Å². The molecule has 0 aromatic rings. The van der Waals surface area contributed by atoms with Crippen LogP contribution in [0.1, 0.15) is 47.5 Å². The van der Waals surface area contributed by atoms with Crippen molar-refractivity contribution >= 4 is 23.7 Å². The molecule has 0 radical (unpaired) electrons. The van der Waals surface area contributed by atoms with E-state index in [1.165, 1.54) is 6.92 Å². The lowest BCUT2D eigenvalue weighted by molar-refractivity contribution is -0.144. The quantitative estimate of drug-likeness (QED) is 0.242. The van der Waals surface area contributed by atoms with E-state index in [4.69, 9.17) is 10.8 Å². The average molecular weight is 402 g/mol. The van der Waals surface area contributed by atoms with E-state index in [0.717, 1.165) is 0 Å². The minimum Gasteiger partial charge on any atom is -0.480 e. The first kappa shape index (κ1) is 25.8. The smallest absolute Gasteiger partial charge is 0.326 e. The van der Waals surface area contributed by atoms with Gasteiger partial charge in [-0.25, -0.2) is 4.79 Å². The maximum Gasteiger partial charge on any atom is 0.326 e. The number of aliphatic hydroxyl groups excluding tert-OH is 1. The molecule has 0 aliphatic carbocycles. The van der Waals surface area contributed by atoms with Crippen LogP contribution in [0.5, 0.6) is 0 Å². The normalized spacial score (nSPS) is 17.4. The van der Waals surface area contributed by atoms with Crippen molar-refractivity contribution in [3.8, 4) is 0 Å². The molecule has 162 valence electrons. The molecule has 0 saturated heterocycles. The number of aliphatic carboxylic acids is 1. The Morgan fingerprint density at radius 1 is 0.821 bits per heavy atom. The third-order valence-electron chi connectivity index (χ3n) is 4.86. The highest BCUT2D eigenvalue weighted by Crippen LogP contribution is 2.12. The predicted octanol–water partition coefficient (Wildman–Crippen LogP) is -1.04. The molecular weight excluding hydrogens is 368 g/mol. The molecule has 0 aliphatic rings. The topological polar surface area (TPSA) is 171 Å². The van der Waals surface area contributed by atoms with Crippen LogP contribution in [0.15, 0.2) is 0 Å². The molecule has 10 heteroatoms. The van der Waals surface area contributed by atoms with Crippen molar-refractivity contribution in [2.24, 2.45) is 17.6 Å². The number of carboxylic acid groups (broad SMARTS) is 1. The van der Waals surface area contributed by atoms with Gasteiger partial charge in [0.2, 0.25) is 17.7 Å². The van der Waals surface area contributed by atoms with Crippen molar-refractivity contribution in [2.75, 3.05) is 6.61 Å². The Morgan fingerprint density at radius 2 is 1.29 bits per heavy atom. The average Bonchev–Trinajstić information content (AvgIpc) is 2.67. The maximum absolute atomic E-state index is 12.7. The van der Waals surface area contributed by atoms with Gasteiger partial charge < -0.3 is 31.9 Å². The summed E-state index contributed by atoms with van der Waals surface area (Å²) < 4.78 is 0. The predicted molar refractivity (Wildman–Crippen MR) is 103 cm³/mol. The lowest BCUT2D eigenvalue weighted by Crippen LogP contribution is -2.58. The molecule has 0 fully saturated rings. The number of aliphatic hydroxyl groups is 1. The van der Waals surface area contributed by atoms with Crippen LogP contribution < -0.4 is 21.7 Å². The molecule has 0 aromatic carbocycles. The maximum atomic E-state index is 12.7. The van der Waals surface area contributed by atoms with Gasteiger partial charge in [0.25, 0.3) is 0 Å². The van der Waals surface area contributed by atoms with Crippen molar-refractivity contribution in [3.05, 3.63) is 0 Å². The van der Waals surface area contributed by atoms with Gasteiger partial charge in [0.1, 0.15) is 24.2 Å². The van der Waals surface area contributed by atoms with Gasteiger partial charge in [-0.1, -0.05) is 40.5 Å². The number of hydrogen-bond donors (Lipinski definition) is 6. The molecular formula is C18H34N4O6. The molecule has 6 unspecified atom stereocenters. The number of hydrogen-bond acceptors (Lipinski definition) is 6. The van der Waals surface area contributed by atoms with E-state index >= 15 is 0 Å². The van der Waals surface area contributed by atoms with Crippen molar-refractivity contribution in [3.63, 3.8) is 0 Å². The number of carboxylic acids is 1. The number of nitrogens with two attached hydrogens (primary N) is 1. The number of amides is 3. The Labute approximate surface area is 165 Å². The van der Waals surface area contributed by atoms with Gasteiger partial charge in [-0.05, 0) is 18.8 Å². The first-order valence-corrected chi connectivity index (χ1v) is 9.50. The van der Waals surface area contributed by atoms with Crippen LogP contribution in [0, 0.1) is 11.8 Å². The second-order valence-electron chi connectivity index (χ2n) is 7.10. The van der Waals surface area contributed by atoms with Crippen LogP contribution in [0.4, 0.5) is 0 Å². The summed E-state index contributed by atoms with van der Waals surface area (Å²) in [5.41, 5.74) is 5.40. The van der Waals surface area contributed by atoms with Crippen molar-refractivity contribution in [1.29, 1.82) is 0 Å². The monoisotopic (exact) mass is 402 g/mol. The molecule has 6 atom stereocenters. The first-order valence-electron chi connectivity index (χ1n) is 9.50. The third-order valence-corrected chi connectivity index (χ3v) is 4.86. The fourth-order valence-corrected chi connectivity index (χ4v) is 2.38. The summed E-state index contributed by atoms with van der Waals surface area (Å²) in [6.07, 6.45) is 1.13.